The van der Waals surface area contributed by atoms with Crippen LogP contribution in [0.4, 0.5) is 0 Å². The van der Waals surface area contributed by atoms with Crippen molar-refractivity contribution in [2.45, 2.75) is 178 Å². The van der Waals surface area contributed by atoms with Gasteiger partial charge in [0.25, 0.3) is 0 Å². The van der Waals surface area contributed by atoms with E-state index in [0.717, 1.165) is 0 Å². The van der Waals surface area contributed by atoms with Gasteiger partial charge in [-0.05, 0) is 60.0 Å². The highest BCUT2D eigenvalue weighted by molar-refractivity contribution is 5.80. The molecule has 6 unspecified atom stereocenters. The summed E-state index contributed by atoms with van der Waals surface area (Å²) in [6.45, 7) is 10.9. The van der Waals surface area contributed by atoms with E-state index in [-0.39, 0.29) is 31.7 Å². The van der Waals surface area contributed by atoms with E-state index in [4.69, 9.17) is 47.4 Å². The van der Waals surface area contributed by atoms with Gasteiger partial charge in [0, 0.05) is 59.0 Å². The number of nitrogens with zero attached hydrogens (tertiary/aromatic N) is 1. The van der Waals surface area contributed by atoms with E-state index < -0.39 is 127 Å². The van der Waals surface area contributed by atoms with Crippen LogP contribution in [0.3, 0.4) is 0 Å². The van der Waals surface area contributed by atoms with Crippen molar-refractivity contribution in [2.24, 2.45) is 23.7 Å². The van der Waals surface area contributed by atoms with Crippen LogP contribution in [0.15, 0.2) is 0 Å². The average molecular weight is 836 g/mol. The normalized spacial score (nSPS) is 44.9. The van der Waals surface area contributed by atoms with E-state index in [0.29, 0.717) is 19.3 Å². The summed E-state index contributed by atoms with van der Waals surface area (Å²) in [5, 5.41) is 44.9. The van der Waals surface area contributed by atoms with Gasteiger partial charge in [-0.2, -0.15) is 0 Å². The SMILES string of the molecule is CC[C@H]1OC(=O)C[C@@H](O)[C@H](C)C(O[C@@H]2O[C@H](C)[C@@H](O)[C@H](N(C)C)[C@H]2O)[C@@H](CC(OC)OC)C[C@@H](C)C(=O)CC[C@@]2(C)O[C@@H]2C1COC1O[C@H](C)C(O)C(OC)C1OC. The third kappa shape index (κ3) is 11.5. The van der Waals surface area contributed by atoms with Crippen molar-refractivity contribution in [2.75, 3.05) is 49.1 Å². The third-order valence-corrected chi connectivity index (χ3v) is 13.0. The monoisotopic (exact) mass is 835 g/mol. The minimum Gasteiger partial charge on any atom is -0.462 e. The number of Topliss-reactive ketones (excluding diaryl/α,β-unsaturated/α-hetero) is 1. The molecule has 0 spiro atoms. The topological polar surface area (TPSA) is 214 Å². The fourth-order valence-corrected chi connectivity index (χ4v) is 9.16. The number of carbonyl (C=O) groups is 2. The quantitative estimate of drug-likeness (QED) is 0.117. The van der Waals surface area contributed by atoms with E-state index in [9.17, 15) is 30.0 Å². The number of esters is 1. The highest BCUT2D eigenvalue weighted by atomic mass is 16.7. The van der Waals surface area contributed by atoms with Crippen LogP contribution < -0.4 is 0 Å². The second-order valence-corrected chi connectivity index (χ2v) is 17.3. The van der Waals surface area contributed by atoms with Crippen molar-refractivity contribution >= 4 is 11.8 Å². The smallest absolute Gasteiger partial charge is 0.308 e. The Morgan fingerprint density at radius 3 is 2.07 bits per heavy atom. The molecule has 338 valence electrons. The van der Waals surface area contributed by atoms with E-state index in [1.165, 1.54) is 28.4 Å². The maximum absolute atomic E-state index is 14.0. The van der Waals surface area contributed by atoms with Crippen molar-refractivity contribution in [1.29, 1.82) is 0 Å². The van der Waals surface area contributed by atoms with Crippen molar-refractivity contribution in [3.05, 3.63) is 0 Å². The molecule has 0 bridgehead atoms. The number of fused-ring (bicyclic) bond motifs is 1. The van der Waals surface area contributed by atoms with Crippen LogP contribution in [-0.4, -0.2) is 184 Å². The molecule has 19 atom stereocenters. The summed E-state index contributed by atoms with van der Waals surface area (Å²) in [5.74, 6) is -2.85. The summed E-state index contributed by atoms with van der Waals surface area (Å²) in [6, 6.07) is -0.723. The zero-order chi connectivity index (χ0) is 43.2. The zero-order valence-electron chi connectivity index (χ0n) is 36.6. The summed E-state index contributed by atoms with van der Waals surface area (Å²) >= 11 is 0. The van der Waals surface area contributed by atoms with E-state index in [1.807, 2.05) is 20.8 Å². The Labute approximate surface area is 344 Å². The van der Waals surface area contributed by atoms with Gasteiger partial charge in [-0.25, -0.2) is 0 Å². The molecule has 0 aromatic carbocycles. The number of aliphatic hydroxyl groups excluding tert-OH is 4. The second-order valence-electron chi connectivity index (χ2n) is 17.3. The first kappa shape index (κ1) is 49.2. The number of carbonyl (C=O) groups excluding carboxylic acids is 2. The lowest BCUT2D eigenvalue weighted by molar-refractivity contribution is -0.306. The molecule has 0 aromatic heterocycles. The molecule has 4 rings (SSSR count). The van der Waals surface area contributed by atoms with Gasteiger partial charge in [-0.3, -0.25) is 9.59 Å². The molecule has 4 aliphatic heterocycles. The number of aliphatic hydroxyl groups is 4. The molecule has 0 aliphatic carbocycles. The maximum Gasteiger partial charge on any atom is 0.308 e. The summed E-state index contributed by atoms with van der Waals surface area (Å²) < 4.78 is 60.0. The predicted octanol–water partition coefficient (Wildman–Crippen LogP) is 1.42. The minimum absolute atomic E-state index is 0.00670. The molecular weight excluding hydrogens is 762 g/mol. The molecule has 0 aromatic rings. The molecule has 4 fully saturated rings. The lowest BCUT2D eigenvalue weighted by Gasteiger charge is -2.47. The van der Waals surface area contributed by atoms with Gasteiger partial charge in [-0.15, -0.1) is 0 Å². The standard InChI is InChI=1S/C41H73NO16/c1-13-28-25(19-53-40-37(52-12)36(51-11)33(47)23(5)55-40)38-41(6,58-38)15-14-26(43)20(2)16-24(17-30(49-9)50-10)35(21(3)27(44)18-29(45)56-28)57-39-34(48)31(42(7)8)32(46)22(4)54-39/h20-25,27-28,30-40,44,46-48H,13-19H2,1-12H3/t20-,21+,22-,23-,24-,25?,27-,28-,31+,32-,33?,34-,35?,36?,37?,38-,39+,40?,41-/m1/s1. The summed E-state index contributed by atoms with van der Waals surface area (Å²) in [6.07, 6.45) is -11.0. The number of cyclic esters (lactones) is 1. The Bertz CT molecular complexity index is 1290. The van der Waals surface area contributed by atoms with E-state index in [2.05, 4.69) is 0 Å². The molecule has 0 radical (unpaired) electrons. The Hall–Kier alpha value is -1.42. The maximum atomic E-state index is 14.0. The van der Waals surface area contributed by atoms with Crippen molar-refractivity contribution < 1.29 is 77.4 Å². The highest BCUT2D eigenvalue weighted by Gasteiger charge is 2.59. The fraction of sp³-hybridized carbons (Fsp3) is 0.951. The number of ether oxygens (including phenoxy) is 10. The van der Waals surface area contributed by atoms with E-state index >= 15 is 0 Å². The number of hydrogen-bond acceptors (Lipinski definition) is 17. The van der Waals surface area contributed by atoms with Crippen LogP contribution in [-0.2, 0) is 57.0 Å². The van der Waals surface area contributed by atoms with Crippen LogP contribution in [0.1, 0.15) is 80.1 Å². The molecule has 0 amide bonds. The van der Waals surface area contributed by atoms with Gasteiger partial charge in [-0.1, -0.05) is 20.8 Å². The summed E-state index contributed by atoms with van der Waals surface area (Å²) in [7, 11) is 9.47. The minimum atomic E-state index is -1.29. The van der Waals surface area contributed by atoms with Crippen LogP contribution in [0, 0.1) is 23.7 Å². The number of ketones is 1. The van der Waals surface area contributed by atoms with Crippen molar-refractivity contribution in [3.8, 4) is 0 Å². The number of epoxide rings is 1. The van der Waals surface area contributed by atoms with Gasteiger partial charge in [0.2, 0.25) is 0 Å². The first-order chi connectivity index (χ1) is 27.3. The van der Waals surface area contributed by atoms with Crippen molar-refractivity contribution in [3.63, 3.8) is 0 Å². The molecule has 4 saturated heterocycles. The number of hydrogen-bond donors (Lipinski definition) is 4. The lowest BCUT2D eigenvalue weighted by Crippen LogP contribution is -2.63. The Balaban J connectivity index is 1.66. The largest absolute Gasteiger partial charge is 0.462 e. The fourth-order valence-electron chi connectivity index (χ4n) is 9.16. The van der Waals surface area contributed by atoms with E-state index in [1.54, 1.807) is 39.8 Å². The van der Waals surface area contributed by atoms with Gasteiger partial charge in [0.05, 0.1) is 61.3 Å². The molecule has 58 heavy (non-hydrogen) atoms. The zero-order valence-corrected chi connectivity index (χ0v) is 36.6. The van der Waals surface area contributed by atoms with Crippen LogP contribution in [0.2, 0.25) is 0 Å². The van der Waals surface area contributed by atoms with Crippen LogP contribution in [0.25, 0.3) is 0 Å². The highest BCUT2D eigenvalue weighted by Crippen LogP contribution is 2.48. The molecule has 4 aliphatic rings. The Kier molecular flexibility index (Phi) is 18.3. The van der Waals surface area contributed by atoms with Gasteiger partial charge in [0.1, 0.15) is 36.3 Å². The first-order valence-electron chi connectivity index (χ1n) is 20.8. The first-order valence-corrected chi connectivity index (χ1v) is 20.8. The molecule has 0 saturated carbocycles. The molecule has 4 N–H and O–H groups in total. The Morgan fingerprint density at radius 2 is 1.48 bits per heavy atom. The Morgan fingerprint density at radius 1 is 0.862 bits per heavy atom. The van der Waals surface area contributed by atoms with Gasteiger partial charge >= 0.3 is 5.97 Å². The number of likely N-dealkylation sites (N-methyl/N-ethyl adjacent to an activating group) is 1. The summed E-state index contributed by atoms with van der Waals surface area (Å²) in [5.41, 5.74) is -0.720. The van der Waals surface area contributed by atoms with Crippen molar-refractivity contribution in [1.82, 2.24) is 4.90 Å². The van der Waals surface area contributed by atoms with Crippen LogP contribution >= 0.6 is 0 Å². The average Bonchev–Trinajstić information content (AvgIpc) is 3.86. The number of rotatable bonds is 13. The molecular formula is C41H73NO16. The molecule has 17 heteroatoms. The lowest BCUT2D eigenvalue weighted by atomic mass is 9.78. The van der Waals surface area contributed by atoms with Gasteiger partial charge < -0.3 is 72.7 Å². The molecule has 4 heterocycles. The predicted molar refractivity (Wildman–Crippen MR) is 207 cm³/mol. The van der Waals surface area contributed by atoms with Gasteiger partial charge in [0.15, 0.2) is 18.9 Å². The number of methoxy groups -OCH3 is 4. The second kappa shape index (κ2) is 21.6. The summed E-state index contributed by atoms with van der Waals surface area (Å²) in [4.78, 5) is 29.5. The molecule has 17 nitrogen and oxygen atoms in total. The van der Waals surface area contributed by atoms with Crippen LogP contribution in [0.5, 0.6) is 0 Å². The third-order valence-electron chi connectivity index (χ3n) is 13.0.